The van der Waals surface area contributed by atoms with Gasteiger partial charge < -0.3 is 0 Å². The first-order valence-corrected chi connectivity index (χ1v) is 2.36. The van der Waals surface area contributed by atoms with Crippen molar-refractivity contribution in [2.24, 2.45) is 0 Å². The molecule has 0 aromatic rings. The third-order valence-corrected chi connectivity index (χ3v) is 0.711. The molecule has 0 spiro atoms. The molecule has 1 atom stereocenters. The van der Waals surface area contributed by atoms with Crippen molar-refractivity contribution in [1.82, 2.24) is 0 Å². The van der Waals surface area contributed by atoms with Crippen molar-refractivity contribution in [2.75, 3.05) is 0 Å². The van der Waals surface area contributed by atoms with Gasteiger partial charge in [0.15, 0.2) is 6.17 Å². The Hall–Kier alpha value is 0.0800. The zero-order chi connectivity index (χ0) is 6.57. The summed E-state index contributed by atoms with van der Waals surface area (Å²) in [5.74, 6) is 0.837. The molecule has 0 aliphatic heterocycles. The van der Waals surface area contributed by atoms with Gasteiger partial charge in [-0.25, -0.2) is 4.39 Å². The van der Waals surface area contributed by atoms with Crippen LogP contribution >= 0.6 is 11.6 Å². The lowest BCUT2D eigenvalue weighted by Crippen LogP contribution is -2.02. The van der Waals surface area contributed by atoms with E-state index in [1.54, 1.807) is 0 Å². The molecule has 0 amide bonds. The second-order valence-electron chi connectivity index (χ2n) is 1.15. The summed E-state index contributed by atoms with van der Waals surface area (Å²) in [5, 5.41) is 0. The van der Waals surface area contributed by atoms with E-state index < -0.39 is 19.0 Å². The van der Waals surface area contributed by atoms with Gasteiger partial charge in [0.1, 0.15) is 0 Å². The quantitative estimate of drug-likeness (QED) is 0.571. The van der Waals surface area contributed by atoms with E-state index in [1.165, 1.54) is 0 Å². The first-order chi connectivity index (χ1) is 3.68. The molecule has 0 rings (SSSR count). The molecule has 1 unspecified atom stereocenters. The van der Waals surface area contributed by atoms with Crippen LogP contribution in [0.3, 0.4) is 0 Å². The first kappa shape index (κ1) is 8.08. The second-order valence-corrected chi connectivity index (χ2v) is 1.46. The number of halogens is 4. The van der Waals surface area contributed by atoms with E-state index in [2.05, 4.69) is 0 Å². The van der Waals surface area contributed by atoms with Gasteiger partial charge >= 0.3 is 6.43 Å². The van der Waals surface area contributed by atoms with Gasteiger partial charge in [-0.15, -0.1) is 11.6 Å². The summed E-state index contributed by atoms with van der Waals surface area (Å²) in [6, 6.07) is 0. The number of hydrogen-bond donors (Lipinski definition) is 0. The van der Waals surface area contributed by atoms with Gasteiger partial charge in [-0.05, 0) is 0 Å². The lowest BCUT2D eigenvalue weighted by Gasteiger charge is -1.98. The molecule has 0 N–H and O–H groups in total. The summed E-state index contributed by atoms with van der Waals surface area (Å²) < 4.78 is 33.8. The van der Waals surface area contributed by atoms with Gasteiger partial charge in [0.2, 0.25) is 0 Å². The average Bonchev–Trinajstić information content (AvgIpc) is 1.67. The molecule has 0 aromatic heterocycles. The fourth-order valence-electron chi connectivity index (χ4n) is 0.167. The maximum absolute atomic E-state index is 11.6. The Balaban J connectivity index is 3.17. The molecular weight excluding hydrogens is 140 g/mol. The molecule has 48 valence electrons. The Morgan fingerprint density at radius 2 is 2.12 bits per heavy atom. The van der Waals surface area contributed by atoms with E-state index in [-0.39, 0.29) is 0 Å². The molecular formula is C4H4ClF3. The van der Waals surface area contributed by atoms with Crippen LogP contribution in [0.2, 0.25) is 0 Å². The van der Waals surface area contributed by atoms with Crippen LogP contribution in [0.4, 0.5) is 13.2 Å². The van der Waals surface area contributed by atoms with Gasteiger partial charge in [-0.3, -0.25) is 0 Å². The van der Waals surface area contributed by atoms with Crippen LogP contribution in [0, 0.1) is 12.3 Å². The van der Waals surface area contributed by atoms with Crippen LogP contribution in [0.1, 0.15) is 6.42 Å². The van der Waals surface area contributed by atoms with E-state index in [0.717, 1.165) is 5.88 Å². The predicted molar refractivity (Wildman–Crippen MR) is 25.1 cm³/mol. The maximum Gasteiger partial charge on any atom is 0.343 e. The molecule has 8 heavy (non-hydrogen) atoms. The van der Waals surface area contributed by atoms with Crippen molar-refractivity contribution in [3.8, 4) is 0 Å². The van der Waals surface area contributed by atoms with Gasteiger partial charge in [0.25, 0.3) is 0 Å². The zero-order valence-corrected chi connectivity index (χ0v) is 4.63. The van der Waals surface area contributed by atoms with E-state index >= 15 is 0 Å². The molecule has 0 aliphatic rings. The van der Waals surface area contributed by atoms with E-state index in [1.807, 2.05) is 0 Å². The Morgan fingerprint density at radius 1 is 1.62 bits per heavy atom. The normalized spacial score (nSPS) is 14.6. The maximum atomic E-state index is 11.6. The molecule has 0 fully saturated rings. The van der Waals surface area contributed by atoms with Crippen LogP contribution < -0.4 is 0 Å². The Morgan fingerprint density at radius 3 is 2.25 bits per heavy atom. The van der Waals surface area contributed by atoms with Crippen molar-refractivity contribution in [3.63, 3.8) is 0 Å². The Kier molecular flexibility index (Phi) is 4.05. The summed E-state index contributed by atoms with van der Waals surface area (Å²) in [5.41, 5.74) is 0. The Bertz CT molecular complexity index is 57.2. The van der Waals surface area contributed by atoms with Gasteiger partial charge in [-0.2, -0.15) is 8.78 Å². The molecule has 2 radical (unpaired) electrons. The Labute approximate surface area is 50.6 Å². The smallest absolute Gasteiger partial charge is 0.241 e. The molecule has 0 saturated carbocycles. The minimum Gasteiger partial charge on any atom is -0.241 e. The summed E-state index contributed by atoms with van der Waals surface area (Å²) in [6.07, 6.45) is -4.83. The molecule has 0 nitrogen and oxygen atoms in total. The van der Waals surface area contributed by atoms with Crippen molar-refractivity contribution in [1.29, 1.82) is 0 Å². The largest absolute Gasteiger partial charge is 0.343 e. The van der Waals surface area contributed by atoms with Crippen LogP contribution in [-0.4, -0.2) is 6.17 Å². The summed E-state index contributed by atoms with van der Waals surface area (Å²) in [4.78, 5) is 0. The van der Waals surface area contributed by atoms with Crippen LogP contribution in [-0.2, 0) is 0 Å². The first-order valence-electron chi connectivity index (χ1n) is 1.92. The summed E-state index contributed by atoms with van der Waals surface area (Å²) >= 11 is 4.83. The highest BCUT2D eigenvalue weighted by atomic mass is 35.5. The van der Waals surface area contributed by atoms with Gasteiger partial charge in [0.05, 0.1) is 5.88 Å². The topological polar surface area (TPSA) is 0 Å². The van der Waals surface area contributed by atoms with Crippen LogP contribution in [0.5, 0.6) is 0 Å². The van der Waals surface area contributed by atoms with Crippen LogP contribution in [0.15, 0.2) is 0 Å². The standard InChI is InChI=1S/C4H4ClF3/c5-2-1-3(6)4(7)8/h2-3H,1H2. The van der Waals surface area contributed by atoms with Gasteiger partial charge in [-0.1, -0.05) is 0 Å². The van der Waals surface area contributed by atoms with Crippen molar-refractivity contribution < 1.29 is 13.2 Å². The highest BCUT2D eigenvalue weighted by Crippen LogP contribution is 2.18. The third kappa shape index (κ3) is 3.13. The number of hydrogen-bond acceptors (Lipinski definition) is 0. The number of alkyl halides is 1. The van der Waals surface area contributed by atoms with Gasteiger partial charge in [0, 0.05) is 6.42 Å². The average molecular weight is 145 g/mol. The highest BCUT2D eigenvalue weighted by Gasteiger charge is 2.20. The van der Waals surface area contributed by atoms with Crippen LogP contribution in [0.25, 0.3) is 0 Å². The SMILES string of the molecule is F[C](F)C(F)C[CH]Cl. The fraction of sp³-hybridized carbons (Fsp3) is 0.500. The van der Waals surface area contributed by atoms with Crippen molar-refractivity contribution in [2.45, 2.75) is 12.6 Å². The molecule has 0 bridgehead atoms. The van der Waals surface area contributed by atoms with Crippen molar-refractivity contribution >= 4 is 11.6 Å². The van der Waals surface area contributed by atoms with E-state index in [4.69, 9.17) is 11.6 Å². The molecule has 0 saturated heterocycles. The summed E-state index contributed by atoms with van der Waals surface area (Å²) in [7, 11) is 0. The fourth-order valence-corrected chi connectivity index (χ4v) is 0.324. The number of rotatable bonds is 3. The minimum absolute atomic E-state index is 0.427. The van der Waals surface area contributed by atoms with E-state index in [0.29, 0.717) is 0 Å². The third-order valence-electron chi connectivity index (χ3n) is 0.533. The monoisotopic (exact) mass is 144 g/mol. The highest BCUT2D eigenvalue weighted by molar-refractivity contribution is 6.23. The molecule has 4 heteroatoms. The minimum atomic E-state index is -2.22. The van der Waals surface area contributed by atoms with Crippen molar-refractivity contribution in [3.05, 3.63) is 12.3 Å². The molecule has 0 aliphatic carbocycles. The molecule has 0 aromatic carbocycles. The molecule has 0 heterocycles. The zero-order valence-electron chi connectivity index (χ0n) is 3.87. The predicted octanol–water partition coefficient (Wildman–Crippen LogP) is 2.54. The lowest BCUT2D eigenvalue weighted by molar-refractivity contribution is 0.159. The summed E-state index contributed by atoms with van der Waals surface area (Å²) in [6.45, 7) is 0. The second kappa shape index (κ2) is 4.01. The lowest BCUT2D eigenvalue weighted by atomic mass is 10.3. The van der Waals surface area contributed by atoms with E-state index in [9.17, 15) is 13.2 Å².